The van der Waals surface area contributed by atoms with E-state index in [0.717, 1.165) is 23.3 Å². The predicted octanol–water partition coefficient (Wildman–Crippen LogP) is 4.46. The third kappa shape index (κ3) is 4.79. The van der Waals surface area contributed by atoms with E-state index in [4.69, 9.17) is 0 Å². The molecule has 28 heavy (non-hydrogen) atoms. The summed E-state index contributed by atoms with van der Waals surface area (Å²) in [4.78, 5) is 24.7. The minimum atomic E-state index is -1.05. The Hall–Kier alpha value is -3.54. The van der Waals surface area contributed by atoms with Gasteiger partial charge in [0, 0.05) is 29.4 Å². The maximum Gasteiger partial charge on any atom is 0.255 e. The van der Waals surface area contributed by atoms with Crippen LogP contribution in [0.4, 0.5) is 14.5 Å². The van der Waals surface area contributed by atoms with Crippen LogP contribution in [0, 0.1) is 18.6 Å². The van der Waals surface area contributed by atoms with Gasteiger partial charge in [-0.25, -0.2) is 8.78 Å². The van der Waals surface area contributed by atoms with Crippen molar-refractivity contribution in [3.8, 4) is 0 Å². The van der Waals surface area contributed by atoms with E-state index in [2.05, 4.69) is 10.6 Å². The molecule has 3 aromatic carbocycles. The van der Waals surface area contributed by atoms with E-state index in [1.165, 1.54) is 18.2 Å². The zero-order chi connectivity index (χ0) is 20.1. The monoisotopic (exact) mass is 380 g/mol. The second-order valence-corrected chi connectivity index (χ2v) is 6.33. The number of nitrogens with one attached hydrogen (secondary N) is 2. The number of rotatable bonds is 5. The van der Waals surface area contributed by atoms with Crippen molar-refractivity contribution in [3.63, 3.8) is 0 Å². The highest BCUT2D eigenvalue weighted by molar-refractivity contribution is 6.06. The molecule has 0 aromatic heterocycles. The van der Waals surface area contributed by atoms with Gasteiger partial charge in [-0.2, -0.15) is 0 Å². The highest BCUT2D eigenvalue weighted by Crippen LogP contribution is 2.15. The molecule has 0 bridgehead atoms. The lowest BCUT2D eigenvalue weighted by Gasteiger charge is -2.09. The molecule has 0 atom stereocenters. The van der Waals surface area contributed by atoms with Crippen molar-refractivity contribution in [2.45, 2.75) is 13.5 Å². The van der Waals surface area contributed by atoms with Gasteiger partial charge in [-0.3, -0.25) is 9.59 Å². The summed E-state index contributed by atoms with van der Waals surface area (Å²) in [5, 5.41) is 5.28. The molecule has 142 valence electrons. The lowest BCUT2D eigenvalue weighted by molar-refractivity contribution is 0.0951. The molecule has 0 saturated heterocycles. The largest absolute Gasteiger partial charge is 0.348 e. The summed E-state index contributed by atoms with van der Waals surface area (Å²) in [7, 11) is 0. The van der Waals surface area contributed by atoms with E-state index in [0.29, 0.717) is 12.1 Å². The summed E-state index contributed by atoms with van der Waals surface area (Å²) in [6.07, 6.45) is 0. The number of carbonyl (C=O) groups is 2. The van der Waals surface area contributed by atoms with Gasteiger partial charge < -0.3 is 10.6 Å². The minimum Gasteiger partial charge on any atom is -0.348 e. The van der Waals surface area contributed by atoms with Crippen molar-refractivity contribution in [1.82, 2.24) is 5.32 Å². The lowest BCUT2D eigenvalue weighted by Crippen LogP contribution is -2.23. The molecule has 0 saturated carbocycles. The van der Waals surface area contributed by atoms with E-state index in [9.17, 15) is 18.4 Å². The number of benzene rings is 3. The molecule has 6 heteroatoms. The lowest BCUT2D eigenvalue weighted by atomic mass is 10.1. The molecule has 0 spiro atoms. The number of amides is 2. The maximum atomic E-state index is 13.3. The minimum absolute atomic E-state index is 0.123. The van der Waals surface area contributed by atoms with Crippen LogP contribution in [0.25, 0.3) is 0 Å². The zero-order valence-corrected chi connectivity index (χ0v) is 15.1. The number of hydrogen-bond acceptors (Lipinski definition) is 2. The van der Waals surface area contributed by atoms with Crippen LogP contribution in [0.1, 0.15) is 31.8 Å². The quantitative estimate of drug-likeness (QED) is 0.687. The Morgan fingerprint density at radius 2 is 1.50 bits per heavy atom. The third-order valence-corrected chi connectivity index (χ3v) is 4.14. The van der Waals surface area contributed by atoms with Crippen LogP contribution in [0.3, 0.4) is 0 Å². The first-order valence-corrected chi connectivity index (χ1v) is 8.62. The molecule has 0 radical (unpaired) electrons. The van der Waals surface area contributed by atoms with E-state index in [-0.39, 0.29) is 17.2 Å². The van der Waals surface area contributed by atoms with E-state index in [1.54, 1.807) is 12.1 Å². The van der Waals surface area contributed by atoms with Crippen molar-refractivity contribution in [2.24, 2.45) is 0 Å². The molecule has 3 aromatic rings. The van der Waals surface area contributed by atoms with Crippen LogP contribution < -0.4 is 10.6 Å². The fourth-order valence-corrected chi connectivity index (χ4v) is 2.57. The van der Waals surface area contributed by atoms with Gasteiger partial charge in [-0.05, 0) is 42.8 Å². The molecule has 0 heterocycles. The summed E-state index contributed by atoms with van der Waals surface area (Å²) in [6, 6.07) is 17.0. The summed E-state index contributed by atoms with van der Waals surface area (Å²) >= 11 is 0. The molecule has 0 aliphatic heterocycles. The average Bonchev–Trinajstić information content (AvgIpc) is 2.70. The average molecular weight is 380 g/mol. The normalized spacial score (nSPS) is 10.4. The summed E-state index contributed by atoms with van der Waals surface area (Å²) < 4.78 is 26.3. The van der Waals surface area contributed by atoms with Crippen LogP contribution in [-0.2, 0) is 6.54 Å². The van der Waals surface area contributed by atoms with Gasteiger partial charge in [-0.15, -0.1) is 0 Å². The zero-order valence-electron chi connectivity index (χ0n) is 15.1. The van der Waals surface area contributed by atoms with Crippen LogP contribution >= 0.6 is 0 Å². The van der Waals surface area contributed by atoms with E-state index >= 15 is 0 Å². The Labute approximate surface area is 161 Å². The van der Waals surface area contributed by atoms with Gasteiger partial charge >= 0.3 is 0 Å². The molecular formula is C22H18F2N2O2. The van der Waals surface area contributed by atoms with Gasteiger partial charge in [0.25, 0.3) is 11.8 Å². The smallest absolute Gasteiger partial charge is 0.255 e. The molecular weight excluding hydrogens is 362 g/mol. The standard InChI is InChI=1S/C22H18F2N2O2/c1-14-5-7-15(8-6-14)13-25-21(27)16-3-2-4-17(11-16)22(28)26-18-9-10-19(23)20(24)12-18/h2-12H,13H2,1H3,(H,25,27)(H,26,28). The number of hydrogen-bond donors (Lipinski definition) is 2. The SMILES string of the molecule is Cc1ccc(CNC(=O)c2cccc(C(=O)Nc3ccc(F)c(F)c3)c2)cc1. The summed E-state index contributed by atoms with van der Waals surface area (Å²) in [5.74, 6) is -2.89. The molecule has 0 aliphatic carbocycles. The van der Waals surface area contributed by atoms with Crippen molar-refractivity contribution < 1.29 is 18.4 Å². The van der Waals surface area contributed by atoms with Gasteiger partial charge in [0.15, 0.2) is 11.6 Å². The first-order valence-electron chi connectivity index (χ1n) is 8.62. The molecule has 0 unspecified atom stereocenters. The first kappa shape index (κ1) is 19.2. The van der Waals surface area contributed by atoms with Crippen molar-refractivity contribution in [1.29, 1.82) is 0 Å². The van der Waals surface area contributed by atoms with Crippen molar-refractivity contribution >= 4 is 17.5 Å². The van der Waals surface area contributed by atoms with Crippen LogP contribution in [0.2, 0.25) is 0 Å². The Morgan fingerprint density at radius 3 is 2.18 bits per heavy atom. The molecule has 0 fully saturated rings. The topological polar surface area (TPSA) is 58.2 Å². The van der Waals surface area contributed by atoms with E-state index < -0.39 is 17.5 Å². The fourth-order valence-electron chi connectivity index (χ4n) is 2.57. The van der Waals surface area contributed by atoms with Crippen LogP contribution in [0.5, 0.6) is 0 Å². The third-order valence-electron chi connectivity index (χ3n) is 4.14. The predicted molar refractivity (Wildman–Crippen MR) is 103 cm³/mol. The summed E-state index contributed by atoms with van der Waals surface area (Å²) in [6.45, 7) is 2.35. The number of aryl methyl sites for hydroxylation is 1. The van der Waals surface area contributed by atoms with Gasteiger partial charge in [-0.1, -0.05) is 35.9 Å². The highest BCUT2D eigenvalue weighted by atomic mass is 19.2. The van der Waals surface area contributed by atoms with E-state index in [1.807, 2.05) is 31.2 Å². The van der Waals surface area contributed by atoms with Crippen LogP contribution in [0.15, 0.2) is 66.7 Å². The molecule has 4 nitrogen and oxygen atoms in total. The Balaban J connectivity index is 1.66. The molecule has 2 amide bonds. The number of carbonyl (C=O) groups excluding carboxylic acids is 2. The Bertz CT molecular complexity index is 1020. The molecule has 0 aliphatic rings. The van der Waals surface area contributed by atoms with Gasteiger partial charge in [0.05, 0.1) is 0 Å². The fraction of sp³-hybridized carbons (Fsp3) is 0.0909. The second-order valence-electron chi connectivity index (χ2n) is 6.33. The Morgan fingerprint density at radius 1 is 0.821 bits per heavy atom. The van der Waals surface area contributed by atoms with Crippen molar-refractivity contribution in [3.05, 3.63) is 101 Å². The maximum absolute atomic E-state index is 13.3. The Kier molecular flexibility index (Phi) is 5.79. The van der Waals surface area contributed by atoms with Gasteiger partial charge in [0.1, 0.15) is 0 Å². The molecule has 3 rings (SSSR count). The number of halogens is 2. The first-order chi connectivity index (χ1) is 13.4. The summed E-state index contributed by atoms with van der Waals surface area (Å²) in [5.41, 5.74) is 2.77. The number of anilines is 1. The van der Waals surface area contributed by atoms with Crippen molar-refractivity contribution in [2.75, 3.05) is 5.32 Å². The second kappa shape index (κ2) is 8.43. The van der Waals surface area contributed by atoms with Crippen LogP contribution in [-0.4, -0.2) is 11.8 Å². The highest BCUT2D eigenvalue weighted by Gasteiger charge is 2.12. The molecule has 2 N–H and O–H groups in total. The van der Waals surface area contributed by atoms with Gasteiger partial charge in [0.2, 0.25) is 0 Å².